The lowest BCUT2D eigenvalue weighted by Crippen LogP contribution is -2.46. The van der Waals surface area contributed by atoms with Gasteiger partial charge < -0.3 is 15.7 Å². The van der Waals surface area contributed by atoms with Crippen LogP contribution in [0.15, 0.2) is 11.6 Å². The molecule has 1 atom stereocenters. The second-order valence-corrected chi connectivity index (χ2v) is 5.56. The summed E-state index contributed by atoms with van der Waals surface area (Å²) in [6.45, 7) is 0.562. The molecule has 1 aliphatic rings. The monoisotopic (exact) mass is 286 g/mol. The summed E-state index contributed by atoms with van der Waals surface area (Å²) in [7, 11) is 0. The van der Waals surface area contributed by atoms with Gasteiger partial charge in [0.15, 0.2) is 0 Å². The van der Waals surface area contributed by atoms with Crippen LogP contribution < -0.4 is 10.6 Å². The van der Waals surface area contributed by atoms with Crippen molar-refractivity contribution in [1.82, 2.24) is 10.6 Å². The van der Waals surface area contributed by atoms with Crippen molar-refractivity contribution < 1.29 is 14.7 Å². The summed E-state index contributed by atoms with van der Waals surface area (Å²) in [6, 6.07) is -1.20. The lowest BCUT2D eigenvalue weighted by Gasteiger charge is -2.14. The van der Waals surface area contributed by atoms with Crippen molar-refractivity contribution >= 4 is 23.8 Å². The standard InChI is InChI=1S/C13H22N2O3S/c1-19-9-7-11(12(16)17)15-13(18)14-8-6-10-4-2-3-5-10/h4,11H,2-3,5-9H2,1H3,(H,16,17)(H2,14,15,18)/t11-/m0/s1. The van der Waals surface area contributed by atoms with Gasteiger partial charge in [-0.2, -0.15) is 11.8 Å². The molecule has 0 saturated carbocycles. The van der Waals surface area contributed by atoms with Gasteiger partial charge in [-0.25, -0.2) is 9.59 Å². The fourth-order valence-electron chi connectivity index (χ4n) is 2.00. The molecule has 1 aliphatic carbocycles. The number of carboxylic acids is 1. The first kappa shape index (κ1) is 15.9. The SMILES string of the molecule is CSCC[C@H](NC(=O)NCCC1=CCCC1)C(=O)O. The molecule has 2 amide bonds. The Morgan fingerprint density at radius 2 is 2.32 bits per heavy atom. The smallest absolute Gasteiger partial charge is 0.326 e. The molecule has 0 aromatic heterocycles. The van der Waals surface area contributed by atoms with E-state index in [1.54, 1.807) is 11.8 Å². The van der Waals surface area contributed by atoms with Crippen molar-refractivity contribution in [3.05, 3.63) is 11.6 Å². The van der Waals surface area contributed by atoms with E-state index in [9.17, 15) is 9.59 Å². The summed E-state index contributed by atoms with van der Waals surface area (Å²) in [5.74, 6) is -0.271. The predicted octanol–water partition coefficient (Wildman–Crippen LogP) is 1.99. The van der Waals surface area contributed by atoms with Gasteiger partial charge in [0.25, 0.3) is 0 Å². The van der Waals surface area contributed by atoms with E-state index >= 15 is 0 Å². The Bertz CT molecular complexity index is 345. The van der Waals surface area contributed by atoms with Crippen LogP contribution >= 0.6 is 11.8 Å². The second-order valence-electron chi connectivity index (χ2n) is 4.58. The number of aliphatic carboxylic acids is 1. The molecule has 0 fully saturated rings. The van der Waals surface area contributed by atoms with E-state index in [1.165, 1.54) is 12.0 Å². The number of rotatable bonds is 8. The average Bonchev–Trinajstić information content (AvgIpc) is 2.87. The molecule has 3 N–H and O–H groups in total. The maximum Gasteiger partial charge on any atom is 0.326 e. The van der Waals surface area contributed by atoms with Gasteiger partial charge in [0.05, 0.1) is 0 Å². The maximum atomic E-state index is 11.6. The molecule has 0 aromatic carbocycles. The first-order valence-electron chi connectivity index (χ1n) is 6.57. The summed E-state index contributed by atoms with van der Waals surface area (Å²) in [6.07, 6.45) is 8.89. The minimum Gasteiger partial charge on any atom is -0.480 e. The van der Waals surface area contributed by atoms with Crippen molar-refractivity contribution in [1.29, 1.82) is 0 Å². The van der Waals surface area contributed by atoms with Crippen LogP contribution in [0.1, 0.15) is 32.1 Å². The van der Waals surface area contributed by atoms with E-state index in [1.807, 2.05) is 6.26 Å². The van der Waals surface area contributed by atoms with Gasteiger partial charge in [0.2, 0.25) is 0 Å². The Balaban J connectivity index is 2.21. The van der Waals surface area contributed by atoms with Gasteiger partial charge in [-0.15, -0.1) is 0 Å². The lowest BCUT2D eigenvalue weighted by atomic mass is 10.2. The fraction of sp³-hybridized carbons (Fsp3) is 0.692. The molecule has 19 heavy (non-hydrogen) atoms. The first-order chi connectivity index (χ1) is 9.13. The molecule has 0 saturated heterocycles. The number of amides is 2. The Labute approximate surface area is 118 Å². The highest BCUT2D eigenvalue weighted by molar-refractivity contribution is 7.98. The molecule has 1 rings (SSSR count). The lowest BCUT2D eigenvalue weighted by molar-refractivity contribution is -0.139. The molecular formula is C13H22N2O3S. The quantitative estimate of drug-likeness (QED) is 0.596. The van der Waals surface area contributed by atoms with Gasteiger partial charge >= 0.3 is 12.0 Å². The van der Waals surface area contributed by atoms with Crippen LogP contribution in [0.2, 0.25) is 0 Å². The van der Waals surface area contributed by atoms with E-state index < -0.39 is 18.0 Å². The highest BCUT2D eigenvalue weighted by atomic mass is 32.2. The number of hydrogen-bond acceptors (Lipinski definition) is 3. The third kappa shape index (κ3) is 6.52. The zero-order valence-electron chi connectivity index (χ0n) is 11.3. The van der Waals surface area contributed by atoms with Crippen molar-refractivity contribution in [2.75, 3.05) is 18.6 Å². The van der Waals surface area contributed by atoms with Crippen LogP contribution in [0.4, 0.5) is 4.79 Å². The molecule has 0 spiro atoms. The molecule has 0 aromatic rings. The predicted molar refractivity (Wildman–Crippen MR) is 77.5 cm³/mol. The average molecular weight is 286 g/mol. The van der Waals surface area contributed by atoms with Crippen LogP contribution in [0.5, 0.6) is 0 Å². The molecule has 5 nitrogen and oxygen atoms in total. The minimum absolute atomic E-state index is 0.396. The van der Waals surface area contributed by atoms with Crippen LogP contribution in [-0.2, 0) is 4.79 Å². The molecule has 108 valence electrons. The normalized spacial score (nSPS) is 15.7. The topological polar surface area (TPSA) is 78.4 Å². The van der Waals surface area contributed by atoms with E-state index in [4.69, 9.17) is 5.11 Å². The highest BCUT2D eigenvalue weighted by Crippen LogP contribution is 2.19. The Kier molecular flexibility index (Phi) is 7.40. The van der Waals surface area contributed by atoms with E-state index in [0.717, 1.165) is 19.3 Å². The number of urea groups is 1. The number of allylic oxidation sites excluding steroid dienone is 1. The van der Waals surface area contributed by atoms with Crippen molar-refractivity contribution in [3.8, 4) is 0 Å². The van der Waals surface area contributed by atoms with Crippen LogP contribution in [-0.4, -0.2) is 41.7 Å². The zero-order chi connectivity index (χ0) is 14.1. The largest absolute Gasteiger partial charge is 0.480 e. The zero-order valence-corrected chi connectivity index (χ0v) is 12.1. The van der Waals surface area contributed by atoms with Gasteiger partial charge in [-0.1, -0.05) is 11.6 Å². The number of hydrogen-bond donors (Lipinski definition) is 3. The highest BCUT2D eigenvalue weighted by Gasteiger charge is 2.18. The van der Waals surface area contributed by atoms with Crippen molar-refractivity contribution in [2.24, 2.45) is 0 Å². The van der Waals surface area contributed by atoms with Gasteiger partial charge in [-0.3, -0.25) is 0 Å². The maximum absolute atomic E-state index is 11.6. The van der Waals surface area contributed by atoms with E-state index in [0.29, 0.717) is 18.7 Å². The molecule has 0 heterocycles. The van der Waals surface area contributed by atoms with Gasteiger partial charge in [0, 0.05) is 6.54 Å². The van der Waals surface area contributed by atoms with Crippen LogP contribution in [0, 0.1) is 0 Å². The second kappa shape index (κ2) is 8.85. The van der Waals surface area contributed by atoms with Crippen LogP contribution in [0.3, 0.4) is 0 Å². The summed E-state index contributed by atoms with van der Waals surface area (Å²) in [5, 5.41) is 14.2. The Hall–Kier alpha value is -1.17. The number of carbonyl (C=O) groups excluding carboxylic acids is 1. The van der Waals surface area contributed by atoms with Gasteiger partial charge in [0.1, 0.15) is 6.04 Å². The van der Waals surface area contributed by atoms with E-state index in [2.05, 4.69) is 16.7 Å². The summed E-state index contributed by atoms with van der Waals surface area (Å²) in [4.78, 5) is 22.5. The Morgan fingerprint density at radius 3 is 2.89 bits per heavy atom. The van der Waals surface area contributed by atoms with Crippen molar-refractivity contribution in [2.45, 2.75) is 38.1 Å². The number of nitrogens with one attached hydrogen (secondary N) is 2. The molecule has 0 aliphatic heterocycles. The van der Waals surface area contributed by atoms with E-state index in [-0.39, 0.29) is 0 Å². The third-order valence-corrected chi connectivity index (χ3v) is 3.72. The molecule has 0 unspecified atom stereocenters. The molecule has 0 radical (unpaired) electrons. The molecule has 6 heteroatoms. The fourth-order valence-corrected chi connectivity index (χ4v) is 2.47. The summed E-state index contributed by atoms with van der Waals surface area (Å²) in [5.41, 5.74) is 1.39. The summed E-state index contributed by atoms with van der Waals surface area (Å²) >= 11 is 1.57. The number of thioether (sulfide) groups is 1. The first-order valence-corrected chi connectivity index (χ1v) is 7.97. The van der Waals surface area contributed by atoms with Gasteiger partial charge in [-0.05, 0) is 44.1 Å². The molecule has 0 bridgehead atoms. The third-order valence-electron chi connectivity index (χ3n) is 3.08. The Morgan fingerprint density at radius 1 is 1.53 bits per heavy atom. The van der Waals surface area contributed by atoms with Crippen molar-refractivity contribution in [3.63, 3.8) is 0 Å². The minimum atomic E-state index is -0.984. The number of carboxylic acid groups (broad SMARTS) is 1. The molecular weight excluding hydrogens is 264 g/mol. The van der Waals surface area contributed by atoms with Crippen LogP contribution in [0.25, 0.3) is 0 Å². The summed E-state index contributed by atoms with van der Waals surface area (Å²) < 4.78 is 0. The number of carbonyl (C=O) groups is 2.